The molecule has 2 amide bonds. The summed E-state index contributed by atoms with van der Waals surface area (Å²) in [6.07, 6.45) is 2.00. The third-order valence-electron chi connectivity index (χ3n) is 4.62. The van der Waals surface area contributed by atoms with Crippen molar-refractivity contribution in [3.05, 3.63) is 16.6 Å². The van der Waals surface area contributed by atoms with Gasteiger partial charge >= 0.3 is 0 Å². The predicted octanol–water partition coefficient (Wildman–Crippen LogP) is 1.86. The molecule has 0 radical (unpaired) electrons. The third kappa shape index (κ3) is 2.69. The summed E-state index contributed by atoms with van der Waals surface area (Å²) in [7, 11) is 0. The molecule has 6 heteroatoms. The highest BCUT2D eigenvalue weighted by atomic mass is 32.1. The maximum absolute atomic E-state index is 12.4. The highest BCUT2D eigenvalue weighted by Crippen LogP contribution is 2.40. The van der Waals surface area contributed by atoms with Crippen LogP contribution in [0.3, 0.4) is 0 Å². The Labute approximate surface area is 129 Å². The first-order chi connectivity index (χ1) is 10.0. The predicted molar refractivity (Wildman–Crippen MR) is 81.1 cm³/mol. The second-order valence-corrected chi connectivity index (χ2v) is 7.23. The van der Waals surface area contributed by atoms with Crippen molar-refractivity contribution in [2.24, 2.45) is 11.3 Å². The summed E-state index contributed by atoms with van der Waals surface area (Å²) in [5, 5.41) is 1.80. The summed E-state index contributed by atoms with van der Waals surface area (Å²) in [5.74, 6) is 0.312. The Hall–Kier alpha value is -1.43. The van der Waals surface area contributed by atoms with Crippen LogP contribution in [0, 0.1) is 11.3 Å². The van der Waals surface area contributed by atoms with E-state index >= 15 is 0 Å². The SMILES string of the molecule is CC(C)C(=O)N1CC[C@@]2(CCN(C(=O)c3cscn3)C2)C1. The average molecular weight is 307 g/mol. The van der Waals surface area contributed by atoms with E-state index < -0.39 is 0 Å². The molecule has 0 bridgehead atoms. The Bertz CT molecular complexity index is 543. The molecule has 3 heterocycles. The van der Waals surface area contributed by atoms with E-state index in [0.717, 1.165) is 39.0 Å². The summed E-state index contributed by atoms with van der Waals surface area (Å²) in [5.41, 5.74) is 2.35. The van der Waals surface area contributed by atoms with Gasteiger partial charge in [0.25, 0.3) is 5.91 Å². The number of hydrogen-bond donors (Lipinski definition) is 0. The van der Waals surface area contributed by atoms with Crippen LogP contribution in [-0.4, -0.2) is 52.8 Å². The van der Waals surface area contributed by atoms with Gasteiger partial charge in [-0.15, -0.1) is 11.3 Å². The van der Waals surface area contributed by atoms with Crippen LogP contribution in [0.5, 0.6) is 0 Å². The molecule has 2 aliphatic heterocycles. The Morgan fingerprint density at radius 3 is 2.52 bits per heavy atom. The van der Waals surface area contributed by atoms with Crippen LogP contribution in [0.15, 0.2) is 10.9 Å². The van der Waals surface area contributed by atoms with Gasteiger partial charge in [-0.3, -0.25) is 9.59 Å². The number of amides is 2. The second-order valence-electron chi connectivity index (χ2n) is 6.51. The van der Waals surface area contributed by atoms with Crippen LogP contribution in [0.2, 0.25) is 0 Å². The van der Waals surface area contributed by atoms with Crippen LogP contribution in [-0.2, 0) is 4.79 Å². The van der Waals surface area contributed by atoms with Crippen molar-refractivity contribution >= 4 is 23.2 Å². The molecule has 0 unspecified atom stereocenters. The minimum atomic E-state index is 0.0294. The Morgan fingerprint density at radius 1 is 1.24 bits per heavy atom. The molecule has 0 aromatic carbocycles. The van der Waals surface area contributed by atoms with Crippen molar-refractivity contribution in [1.82, 2.24) is 14.8 Å². The smallest absolute Gasteiger partial charge is 0.273 e. The minimum Gasteiger partial charge on any atom is -0.342 e. The molecule has 2 fully saturated rings. The number of carbonyl (C=O) groups excluding carboxylic acids is 2. The van der Waals surface area contributed by atoms with Crippen LogP contribution in [0.25, 0.3) is 0 Å². The molecule has 0 saturated carbocycles. The molecular weight excluding hydrogens is 286 g/mol. The number of hydrogen-bond acceptors (Lipinski definition) is 4. The van der Waals surface area contributed by atoms with E-state index in [4.69, 9.17) is 0 Å². The molecule has 21 heavy (non-hydrogen) atoms. The number of aromatic nitrogens is 1. The van der Waals surface area contributed by atoms with Crippen LogP contribution in [0.1, 0.15) is 37.2 Å². The van der Waals surface area contributed by atoms with Crippen LogP contribution >= 0.6 is 11.3 Å². The van der Waals surface area contributed by atoms with Gasteiger partial charge in [-0.05, 0) is 12.8 Å². The molecule has 0 N–H and O–H groups in total. The lowest BCUT2D eigenvalue weighted by Gasteiger charge is -2.25. The minimum absolute atomic E-state index is 0.0294. The van der Waals surface area contributed by atoms with Gasteiger partial charge in [-0.25, -0.2) is 4.98 Å². The molecule has 5 nitrogen and oxygen atoms in total. The number of thiazole rings is 1. The maximum atomic E-state index is 12.4. The molecule has 3 rings (SSSR count). The first kappa shape index (κ1) is 14.5. The van der Waals surface area contributed by atoms with Gasteiger partial charge in [-0.2, -0.15) is 0 Å². The van der Waals surface area contributed by atoms with Crippen LogP contribution in [0.4, 0.5) is 0 Å². The molecule has 1 spiro atoms. The summed E-state index contributed by atoms with van der Waals surface area (Å²) in [6.45, 7) is 7.05. The molecule has 1 aromatic heterocycles. The lowest BCUT2D eigenvalue weighted by Crippen LogP contribution is -2.37. The zero-order chi connectivity index (χ0) is 15.0. The van der Waals surface area contributed by atoms with E-state index in [0.29, 0.717) is 5.69 Å². The monoisotopic (exact) mass is 307 g/mol. The van der Waals surface area contributed by atoms with Crippen molar-refractivity contribution in [1.29, 1.82) is 0 Å². The molecule has 2 saturated heterocycles. The first-order valence-corrected chi connectivity index (χ1v) is 8.41. The molecule has 1 aromatic rings. The summed E-state index contributed by atoms with van der Waals surface area (Å²) in [6, 6.07) is 0. The Balaban J connectivity index is 1.65. The second kappa shape index (κ2) is 5.40. The maximum Gasteiger partial charge on any atom is 0.273 e. The summed E-state index contributed by atoms with van der Waals surface area (Å²) in [4.78, 5) is 32.5. The first-order valence-electron chi connectivity index (χ1n) is 7.47. The standard InChI is InChI=1S/C15H21N3O2S/c1-11(2)13(19)17-5-3-15(8-17)4-6-18(9-15)14(20)12-7-21-10-16-12/h7,10-11H,3-6,8-9H2,1-2H3/t15-/m1/s1. The van der Waals surface area contributed by atoms with Gasteiger partial charge in [0.1, 0.15) is 5.69 Å². The number of rotatable bonds is 2. The van der Waals surface area contributed by atoms with Gasteiger partial charge in [0.2, 0.25) is 5.91 Å². The van der Waals surface area contributed by atoms with Crippen molar-refractivity contribution in [3.63, 3.8) is 0 Å². The average Bonchev–Trinajstić information content (AvgIpc) is 3.19. The zero-order valence-electron chi connectivity index (χ0n) is 12.5. The van der Waals surface area contributed by atoms with E-state index in [1.165, 1.54) is 11.3 Å². The van der Waals surface area contributed by atoms with E-state index in [2.05, 4.69) is 4.98 Å². The van der Waals surface area contributed by atoms with E-state index in [-0.39, 0.29) is 23.1 Å². The lowest BCUT2D eigenvalue weighted by atomic mass is 9.86. The van der Waals surface area contributed by atoms with Gasteiger partial charge in [0, 0.05) is 42.9 Å². The van der Waals surface area contributed by atoms with Crippen molar-refractivity contribution in [2.75, 3.05) is 26.2 Å². The lowest BCUT2D eigenvalue weighted by molar-refractivity contribution is -0.133. The number of likely N-dealkylation sites (tertiary alicyclic amines) is 2. The van der Waals surface area contributed by atoms with Crippen molar-refractivity contribution < 1.29 is 9.59 Å². The fraction of sp³-hybridized carbons (Fsp3) is 0.667. The quantitative estimate of drug-likeness (QED) is 0.838. The van der Waals surface area contributed by atoms with Gasteiger partial charge in [0.15, 0.2) is 0 Å². The Morgan fingerprint density at radius 2 is 1.90 bits per heavy atom. The van der Waals surface area contributed by atoms with E-state index in [9.17, 15) is 9.59 Å². The summed E-state index contributed by atoms with van der Waals surface area (Å²) >= 11 is 1.45. The largest absolute Gasteiger partial charge is 0.342 e. The fourth-order valence-electron chi connectivity index (χ4n) is 3.41. The molecule has 0 aliphatic carbocycles. The van der Waals surface area contributed by atoms with E-state index in [1.54, 1.807) is 10.9 Å². The third-order valence-corrected chi connectivity index (χ3v) is 5.21. The molecular formula is C15H21N3O2S. The van der Waals surface area contributed by atoms with Gasteiger partial charge < -0.3 is 9.80 Å². The normalized spacial score (nSPS) is 25.3. The highest BCUT2D eigenvalue weighted by Gasteiger charge is 2.46. The molecule has 114 valence electrons. The Kier molecular flexibility index (Phi) is 3.73. The highest BCUT2D eigenvalue weighted by molar-refractivity contribution is 7.07. The van der Waals surface area contributed by atoms with Crippen LogP contribution < -0.4 is 0 Å². The number of carbonyl (C=O) groups is 2. The van der Waals surface area contributed by atoms with Gasteiger partial charge in [-0.1, -0.05) is 13.8 Å². The molecule has 1 atom stereocenters. The number of nitrogens with zero attached hydrogens (tertiary/aromatic N) is 3. The van der Waals surface area contributed by atoms with Crippen molar-refractivity contribution in [2.45, 2.75) is 26.7 Å². The topological polar surface area (TPSA) is 53.5 Å². The summed E-state index contributed by atoms with van der Waals surface area (Å²) < 4.78 is 0. The van der Waals surface area contributed by atoms with Gasteiger partial charge in [0.05, 0.1) is 5.51 Å². The molecule has 2 aliphatic rings. The fourth-order valence-corrected chi connectivity index (χ4v) is 3.94. The van der Waals surface area contributed by atoms with Crippen molar-refractivity contribution in [3.8, 4) is 0 Å². The van der Waals surface area contributed by atoms with E-state index in [1.807, 2.05) is 23.6 Å². The zero-order valence-corrected chi connectivity index (χ0v) is 13.4.